The van der Waals surface area contributed by atoms with Crippen LogP contribution in [0.5, 0.6) is 5.75 Å². The number of hydrogen-bond acceptors (Lipinski definition) is 2. The van der Waals surface area contributed by atoms with E-state index in [1.165, 1.54) is 0 Å². The van der Waals surface area contributed by atoms with Gasteiger partial charge in [0.2, 0.25) is 0 Å². The molecule has 0 aliphatic carbocycles. The molecule has 1 aromatic rings. The van der Waals surface area contributed by atoms with E-state index >= 15 is 0 Å². The van der Waals surface area contributed by atoms with Gasteiger partial charge in [0.15, 0.2) is 0 Å². The first-order chi connectivity index (χ1) is 5.65. The molecule has 0 fully saturated rings. The lowest BCUT2D eigenvalue weighted by atomic mass is 10.3. The van der Waals surface area contributed by atoms with Gasteiger partial charge in [-0.05, 0) is 28.1 Å². The predicted molar refractivity (Wildman–Crippen MR) is 55.0 cm³/mol. The molecule has 0 aliphatic rings. The van der Waals surface area contributed by atoms with Gasteiger partial charge in [0.25, 0.3) is 0 Å². The molecule has 3 heteroatoms. The first-order valence-corrected chi connectivity index (χ1v) is 4.45. The molecule has 0 unspecified atom stereocenters. The van der Waals surface area contributed by atoms with Gasteiger partial charge in [0.05, 0.1) is 11.6 Å². The maximum Gasteiger partial charge on any atom is 0.135 e. The summed E-state index contributed by atoms with van der Waals surface area (Å²) in [7, 11) is 5.67. The molecule has 0 bridgehead atoms. The second-order valence-electron chi connectivity index (χ2n) is 2.71. The van der Waals surface area contributed by atoms with Crippen LogP contribution in [-0.4, -0.2) is 21.2 Å². The van der Waals surface area contributed by atoms with Gasteiger partial charge in [0.1, 0.15) is 5.75 Å². The Bertz CT molecular complexity index is 273. The van der Waals surface area contributed by atoms with Gasteiger partial charge in [-0.15, -0.1) is 0 Å². The first-order valence-electron chi connectivity index (χ1n) is 3.66. The lowest BCUT2D eigenvalue weighted by molar-refractivity contribution is 0.412. The van der Waals surface area contributed by atoms with Crippen molar-refractivity contribution in [2.75, 3.05) is 26.1 Å². The topological polar surface area (TPSA) is 12.5 Å². The van der Waals surface area contributed by atoms with Crippen molar-refractivity contribution in [2.24, 2.45) is 0 Å². The van der Waals surface area contributed by atoms with Crippen molar-refractivity contribution < 1.29 is 4.74 Å². The Kier molecular flexibility index (Phi) is 2.98. The molecule has 12 heavy (non-hydrogen) atoms. The summed E-state index contributed by atoms with van der Waals surface area (Å²) in [6, 6.07) is 6.00. The Morgan fingerprint density at radius 3 is 2.50 bits per heavy atom. The van der Waals surface area contributed by atoms with Crippen LogP contribution < -0.4 is 9.64 Å². The number of hydrogen-bond donors (Lipinski definition) is 0. The third-order valence-electron chi connectivity index (χ3n) is 1.65. The summed E-state index contributed by atoms with van der Waals surface area (Å²) in [5, 5.41) is 0. The van der Waals surface area contributed by atoms with Crippen molar-refractivity contribution in [1.82, 2.24) is 0 Å². The van der Waals surface area contributed by atoms with E-state index in [0.717, 1.165) is 15.9 Å². The summed E-state index contributed by atoms with van der Waals surface area (Å²) in [6.07, 6.45) is 0. The van der Waals surface area contributed by atoms with Crippen molar-refractivity contribution >= 4 is 21.6 Å². The van der Waals surface area contributed by atoms with Crippen LogP contribution in [0.4, 0.5) is 5.69 Å². The van der Waals surface area contributed by atoms with Gasteiger partial charge < -0.3 is 9.64 Å². The number of benzene rings is 1. The molecule has 0 saturated heterocycles. The molecule has 0 saturated carbocycles. The smallest absolute Gasteiger partial charge is 0.135 e. The molecule has 2 nitrogen and oxygen atoms in total. The van der Waals surface area contributed by atoms with Gasteiger partial charge in [0, 0.05) is 25.8 Å². The summed E-state index contributed by atoms with van der Waals surface area (Å²) >= 11 is 3.40. The Morgan fingerprint density at radius 2 is 2.00 bits per heavy atom. The van der Waals surface area contributed by atoms with Crippen LogP contribution in [0.15, 0.2) is 22.7 Å². The maximum absolute atomic E-state index is 5.16. The minimum Gasteiger partial charge on any atom is -0.495 e. The molecular formula is C9H12BrNO. The quantitative estimate of drug-likeness (QED) is 0.773. The molecule has 1 aromatic carbocycles. The average Bonchev–Trinajstić information content (AvgIpc) is 2.05. The van der Waals surface area contributed by atoms with Crippen LogP contribution in [0.25, 0.3) is 0 Å². The van der Waals surface area contributed by atoms with E-state index in [-0.39, 0.29) is 0 Å². The van der Waals surface area contributed by atoms with Gasteiger partial charge in [-0.2, -0.15) is 0 Å². The van der Waals surface area contributed by atoms with Gasteiger partial charge in [-0.1, -0.05) is 0 Å². The molecular weight excluding hydrogens is 218 g/mol. The largest absolute Gasteiger partial charge is 0.495 e. The highest BCUT2D eigenvalue weighted by molar-refractivity contribution is 9.10. The molecule has 0 aromatic heterocycles. The van der Waals surface area contributed by atoms with Gasteiger partial charge in [-0.25, -0.2) is 0 Å². The first kappa shape index (κ1) is 9.39. The highest BCUT2D eigenvalue weighted by atomic mass is 79.9. The van der Waals surface area contributed by atoms with E-state index in [1.807, 2.05) is 37.2 Å². The van der Waals surface area contributed by atoms with E-state index in [4.69, 9.17) is 4.74 Å². The summed E-state index contributed by atoms with van der Waals surface area (Å²) in [6.45, 7) is 0. The number of methoxy groups -OCH3 is 1. The number of nitrogens with zero attached hydrogens (tertiary/aromatic N) is 1. The fraction of sp³-hybridized carbons (Fsp3) is 0.333. The SMILES string of the molecule is COc1cc(N(C)C)ccc1Br. The molecule has 0 heterocycles. The molecule has 66 valence electrons. The zero-order valence-electron chi connectivity index (χ0n) is 7.47. The van der Waals surface area contributed by atoms with Gasteiger partial charge in [-0.3, -0.25) is 0 Å². The number of anilines is 1. The van der Waals surface area contributed by atoms with Crippen LogP contribution >= 0.6 is 15.9 Å². The van der Waals surface area contributed by atoms with Crippen molar-refractivity contribution in [1.29, 1.82) is 0 Å². The number of ether oxygens (including phenoxy) is 1. The van der Waals surface area contributed by atoms with Crippen molar-refractivity contribution in [3.05, 3.63) is 22.7 Å². The zero-order chi connectivity index (χ0) is 9.14. The molecule has 0 amide bonds. The van der Waals surface area contributed by atoms with Crippen molar-refractivity contribution in [3.8, 4) is 5.75 Å². The predicted octanol–water partition coefficient (Wildman–Crippen LogP) is 2.52. The lowest BCUT2D eigenvalue weighted by Gasteiger charge is -2.13. The maximum atomic E-state index is 5.16. The van der Waals surface area contributed by atoms with Crippen LogP contribution in [0.3, 0.4) is 0 Å². The second kappa shape index (κ2) is 3.81. The Hall–Kier alpha value is -0.700. The number of rotatable bonds is 2. The highest BCUT2D eigenvalue weighted by Crippen LogP contribution is 2.28. The molecule has 1 rings (SSSR count). The van der Waals surface area contributed by atoms with Crippen LogP contribution in [0.2, 0.25) is 0 Å². The Labute approximate surface area is 81.3 Å². The Morgan fingerprint density at radius 1 is 1.33 bits per heavy atom. The van der Waals surface area contributed by atoms with Crippen LogP contribution in [-0.2, 0) is 0 Å². The third kappa shape index (κ3) is 1.91. The van der Waals surface area contributed by atoms with Crippen molar-refractivity contribution in [3.63, 3.8) is 0 Å². The normalized spacial score (nSPS) is 9.67. The summed E-state index contributed by atoms with van der Waals surface area (Å²) in [5.41, 5.74) is 1.13. The monoisotopic (exact) mass is 229 g/mol. The van der Waals surface area contributed by atoms with Gasteiger partial charge >= 0.3 is 0 Å². The van der Waals surface area contributed by atoms with E-state index < -0.39 is 0 Å². The average molecular weight is 230 g/mol. The fourth-order valence-corrected chi connectivity index (χ4v) is 1.34. The molecule has 0 atom stereocenters. The molecule has 0 radical (unpaired) electrons. The van der Waals surface area contributed by atoms with E-state index in [9.17, 15) is 0 Å². The van der Waals surface area contributed by atoms with Crippen molar-refractivity contribution in [2.45, 2.75) is 0 Å². The lowest BCUT2D eigenvalue weighted by Crippen LogP contribution is -2.08. The molecule has 0 N–H and O–H groups in total. The zero-order valence-corrected chi connectivity index (χ0v) is 9.05. The Balaban J connectivity index is 3.05. The van der Waals surface area contributed by atoms with E-state index in [1.54, 1.807) is 7.11 Å². The summed E-state index contributed by atoms with van der Waals surface area (Å²) in [5.74, 6) is 0.862. The minimum absolute atomic E-state index is 0.862. The fourth-order valence-electron chi connectivity index (χ4n) is 0.927. The second-order valence-corrected chi connectivity index (χ2v) is 3.57. The van der Waals surface area contributed by atoms with Crippen LogP contribution in [0, 0.1) is 0 Å². The standard InChI is InChI=1S/C9H12BrNO/c1-11(2)7-4-5-8(10)9(6-7)12-3/h4-6H,1-3H3. The van der Waals surface area contributed by atoms with E-state index in [0.29, 0.717) is 0 Å². The highest BCUT2D eigenvalue weighted by Gasteiger charge is 2.01. The van der Waals surface area contributed by atoms with Crippen LogP contribution in [0.1, 0.15) is 0 Å². The van der Waals surface area contributed by atoms with E-state index in [2.05, 4.69) is 15.9 Å². The molecule has 0 aliphatic heterocycles. The third-order valence-corrected chi connectivity index (χ3v) is 2.31. The number of halogens is 1. The summed E-state index contributed by atoms with van der Waals surface area (Å²) in [4.78, 5) is 2.04. The summed E-state index contributed by atoms with van der Waals surface area (Å²) < 4.78 is 6.14. The molecule has 0 spiro atoms. The minimum atomic E-state index is 0.862.